The fourth-order valence-corrected chi connectivity index (χ4v) is 6.29. The van der Waals surface area contributed by atoms with E-state index in [1.165, 1.54) is 16.7 Å². The lowest BCUT2D eigenvalue weighted by atomic mass is 9.81. The molecule has 2 aromatic heterocycles. The second-order valence-corrected chi connectivity index (χ2v) is 10.8. The van der Waals surface area contributed by atoms with Gasteiger partial charge in [0.25, 0.3) is 5.56 Å². The Hall–Kier alpha value is -4.04. The molecule has 1 unspecified atom stereocenters. The van der Waals surface area contributed by atoms with Gasteiger partial charge in [-0.3, -0.25) is 4.79 Å². The number of benzene rings is 1. The highest BCUT2D eigenvalue weighted by Crippen LogP contribution is 2.46. The average molecular weight is 591 g/mol. The van der Waals surface area contributed by atoms with E-state index in [9.17, 15) is 37.1 Å². The summed E-state index contributed by atoms with van der Waals surface area (Å²) in [6.07, 6.45) is -4.43. The van der Waals surface area contributed by atoms with E-state index < -0.39 is 53.8 Å². The largest absolute Gasteiger partial charge is 0.458 e. The normalized spacial score (nSPS) is 21.3. The van der Waals surface area contributed by atoms with E-state index in [1.807, 2.05) is 0 Å². The van der Waals surface area contributed by atoms with Crippen LogP contribution in [-0.4, -0.2) is 50.6 Å². The van der Waals surface area contributed by atoms with Gasteiger partial charge in [0.1, 0.15) is 18.5 Å². The number of rotatable bonds is 4. The molecule has 10 nitrogen and oxygen atoms in total. The molecule has 42 heavy (non-hydrogen) atoms. The molecule has 2 amide bonds. The van der Waals surface area contributed by atoms with Gasteiger partial charge in [0.05, 0.1) is 41.7 Å². The molecule has 14 heteroatoms. The molecule has 0 fully saturated rings. The van der Waals surface area contributed by atoms with Crippen molar-refractivity contribution >= 4 is 22.9 Å². The zero-order valence-electron chi connectivity index (χ0n) is 22.5. The molecule has 3 aromatic rings. The van der Waals surface area contributed by atoms with Crippen molar-refractivity contribution in [3.05, 3.63) is 61.7 Å². The number of carbonyl (C=O) groups excluding carboxylic acids is 2. The van der Waals surface area contributed by atoms with Crippen LogP contribution in [0.3, 0.4) is 0 Å². The van der Waals surface area contributed by atoms with Crippen LogP contribution in [0.4, 0.5) is 22.4 Å². The van der Waals surface area contributed by atoms with Crippen molar-refractivity contribution in [1.29, 1.82) is 0 Å². The van der Waals surface area contributed by atoms with Crippen LogP contribution in [0, 0.1) is 12.7 Å². The first-order chi connectivity index (χ1) is 19.8. The van der Waals surface area contributed by atoms with Crippen LogP contribution in [0.1, 0.15) is 59.2 Å². The SMILES string of the molecule is CC[C@@]1(O)C(=O)OCc2c1cc1n(c2=O)Cc2c-1nc1cc(F)c(C)c3c1c2[C@@H](NC(=O)NC(CO)C(F)(F)F)CC3. The topological polar surface area (TPSA) is 143 Å². The van der Waals surface area contributed by atoms with E-state index in [1.54, 1.807) is 19.2 Å². The smallest absolute Gasteiger partial charge is 0.410 e. The standard InChI is InChI=1S/C28H26F4N4O6/c1-3-27(41)15-6-19-23-13(8-36(19)24(38)14(15)10-42-25(27)39)22-17(34-26(40)35-20(9-37)28(30,31)32)5-4-12-11(2)16(29)7-18(33-23)21(12)22/h6-7,17,20,37,41H,3-5,8-10H2,1-2H3,(H2,34,35,40)/t17-,20?,27-/m0/s1. The fourth-order valence-electron chi connectivity index (χ4n) is 6.29. The van der Waals surface area contributed by atoms with E-state index in [0.29, 0.717) is 34.1 Å². The molecular weight excluding hydrogens is 564 g/mol. The fraction of sp³-hybridized carbons (Fsp3) is 0.429. The Labute approximate surface area is 235 Å². The van der Waals surface area contributed by atoms with Crippen LogP contribution < -0.4 is 16.2 Å². The van der Waals surface area contributed by atoms with Gasteiger partial charge in [-0.25, -0.2) is 19.0 Å². The molecule has 3 aliphatic rings. The maximum atomic E-state index is 15.0. The van der Waals surface area contributed by atoms with Gasteiger partial charge in [-0.1, -0.05) is 6.92 Å². The number of pyridine rings is 2. The van der Waals surface area contributed by atoms with Crippen LogP contribution in [0.15, 0.2) is 16.9 Å². The summed E-state index contributed by atoms with van der Waals surface area (Å²) in [5.74, 6) is -1.40. The molecule has 0 spiro atoms. The molecule has 1 aliphatic carbocycles. The van der Waals surface area contributed by atoms with E-state index in [-0.39, 0.29) is 54.0 Å². The maximum Gasteiger partial charge on any atom is 0.410 e. The average Bonchev–Trinajstić information content (AvgIpc) is 3.31. The number of hydrogen-bond acceptors (Lipinski definition) is 7. The predicted octanol–water partition coefficient (Wildman–Crippen LogP) is 2.74. The van der Waals surface area contributed by atoms with Gasteiger partial charge in [0.15, 0.2) is 5.60 Å². The number of esters is 1. The summed E-state index contributed by atoms with van der Waals surface area (Å²) in [5.41, 5.74) is 0.369. The van der Waals surface area contributed by atoms with E-state index >= 15 is 0 Å². The van der Waals surface area contributed by atoms with Gasteiger partial charge in [-0.15, -0.1) is 0 Å². The summed E-state index contributed by atoms with van der Waals surface area (Å²) in [5, 5.41) is 25.1. The van der Waals surface area contributed by atoms with Gasteiger partial charge < -0.3 is 30.2 Å². The molecule has 4 N–H and O–H groups in total. The van der Waals surface area contributed by atoms with E-state index in [4.69, 9.17) is 9.84 Å². The Bertz CT molecular complexity index is 1750. The number of aliphatic hydroxyl groups excluding tert-OH is 1. The number of aliphatic hydroxyl groups is 2. The van der Waals surface area contributed by atoms with Crippen molar-refractivity contribution in [2.75, 3.05) is 6.61 Å². The second kappa shape index (κ2) is 9.49. The first-order valence-electron chi connectivity index (χ1n) is 13.4. The number of aryl methyl sites for hydroxylation is 1. The molecule has 0 radical (unpaired) electrons. The summed E-state index contributed by atoms with van der Waals surface area (Å²) in [6.45, 7) is 1.46. The number of hydrogen-bond donors (Lipinski definition) is 4. The van der Waals surface area contributed by atoms with Gasteiger partial charge in [-0.05, 0) is 48.9 Å². The molecule has 0 saturated heterocycles. The van der Waals surface area contributed by atoms with E-state index in [0.717, 1.165) is 0 Å². The van der Waals surface area contributed by atoms with Gasteiger partial charge in [0, 0.05) is 22.6 Å². The summed E-state index contributed by atoms with van der Waals surface area (Å²) in [6, 6.07) is -1.76. The van der Waals surface area contributed by atoms with Crippen LogP contribution >= 0.6 is 0 Å². The third-order valence-corrected chi connectivity index (χ3v) is 8.57. The Morgan fingerprint density at radius 2 is 2.00 bits per heavy atom. The van der Waals surface area contributed by atoms with Gasteiger partial charge in [0.2, 0.25) is 0 Å². The number of aromatic nitrogens is 2. The second-order valence-electron chi connectivity index (χ2n) is 10.8. The maximum absolute atomic E-state index is 15.0. The lowest BCUT2D eigenvalue weighted by Gasteiger charge is -2.31. The number of carbonyl (C=O) groups is 2. The number of alkyl halides is 3. The zero-order valence-corrected chi connectivity index (χ0v) is 22.5. The highest BCUT2D eigenvalue weighted by atomic mass is 19.4. The number of nitrogens with zero attached hydrogens (tertiary/aromatic N) is 2. The Balaban J connectivity index is 1.53. The Morgan fingerprint density at radius 3 is 2.67 bits per heavy atom. The van der Waals surface area contributed by atoms with Crippen molar-refractivity contribution in [2.45, 2.75) is 70.1 Å². The number of cyclic esters (lactones) is 1. The van der Waals surface area contributed by atoms with Gasteiger partial charge >= 0.3 is 18.2 Å². The molecule has 3 atom stereocenters. The lowest BCUT2D eigenvalue weighted by Crippen LogP contribution is -2.52. The minimum Gasteiger partial charge on any atom is -0.458 e. The molecule has 2 aliphatic heterocycles. The minimum atomic E-state index is -4.88. The van der Waals surface area contributed by atoms with Crippen molar-refractivity contribution in [2.24, 2.45) is 0 Å². The number of amides is 2. The van der Waals surface area contributed by atoms with E-state index in [2.05, 4.69) is 10.3 Å². The predicted molar refractivity (Wildman–Crippen MR) is 139 cm³/mol. The molecule has 4 heterocycles. The monoisotopic (exact) mass is 590 g/mol. The number of nitrogens with one attached hydrogen (secondary N) is 2. The molecule has 0 bridgehead atoms. The first kappa shape index (κ1) is 28.1. The zero-order chi connectivity index (χ0) is 30.3. The summed E-state index contributed by atoms with van der Waals surface area (Å²) in [4.78, 5) is 43.5. The molecule has 6 rings (SSSR count). The number of halogens is 4. The number of ether oxygens (including phenoxy) is 1. The summed E-state index contributed by atoms with van der Waals surface area (Å²) >= 11 is 0. The highest BCUT2D eigenvalue weighted by molar-refractivity contribution is 5.93. The molecule has 222 valence electrons. The third-order valence-electron chi connectivity index (χ3n) is 8.57. The lowest BCUT2D eigenvalue weighted by molar-refractivity contribution is -0.172. The Morgan fingerprint density at radius 1 is 1.26 bits per heavy atom. The van der Waals surface area contributed by atoms with Crippen molar-refractivity contribution in [3.8, 4) is 11.4 Å². The minimum absolute atomic E-state index is 0.0228. The first-order valence-corrected chi connectivity index (χ1v) is 13.4. The quantitative estimate of drug-likeness (QED) is 0.212. The van der Waals surface area contributed by atoms with Crippen LogP contribution in [0.2, 0.25) is 0 Å². The van der Waals surface area contributed by atoms with Crippen LogP contribution in [-0.2, 0) is 34.7 Å². The summed E-state index contributed by atoms with van der Waals surface area (Å²) < 4.78 is 61.1. The van der Waals surface area contributed by atoms with Crippen LogP contribution in [0.5, 0.6) is 0 Å². The molecule has 0 saturated carbocycles. The number of urea groups is 1. The summed E-state index contributed by atoms with van der Waals surface area (Å²) in [7, 11) is 0. The van der Waals surface area contributed by atoms with Crippen LogP contribution in [0.25, 0.3) is 22.3 Å². The van der Waals surface area contributed by atoms with Crippen molar-refractivity contribution in [3.63, 3.8) is 0 Å². The van der Waals surface area contributed by atoms with Crippen molar-refractivity contribution in [1.82, 2.24) is 20.2 Å². The van der Waals surface area contributed by atoms with Gasteiger partial charge in [-0.2, -0.15) is 13.2 Å². The van der Waals surface area contributed by atoms with Crippen molar-refractivity contribution < 1.29 is 42.1 Å². The number of fused-ring (bicyclic) bond motifs is 5. The third kappa shape index (κ3) is 3.99. The highest BCUT2D eigenvalue weighted by Gasteiger charge is 2.46. The molecular formula is C28H26F4N4O6. The molecule has 1 aromatic carbocycles. The Kier molecular flexibility index (Phi) is 6.35.